The van der Waals surface area contributed by atoms with Crippen molar-refractivity contribution >= 4 is 11.8 Å². The van der Waals surface area contributed by atoms with Gasteiger partial charge < -0.3 is 14.6 Å². The van der Waals surface area contributed by atoms with Crippen LogP contribution in [0.5, 0.6) is 5.75 Å². The second-order valence-corrected chi connectivity index (χ2v) is 7.25. The van der Waals surface area contributed by atoms with Gasteiger partial charge in [-0.25, -0.2) is 4.79 Å². The highest BCUT2D eigenvalue weighted by Crippen LogP contribution is 2.61. The topological polar surface area (TPSA) is 62.3 Å². The number of para-hydroxylation sites is 2. The van der Waals surface area contributed by atoms with Crippen LogP contribution in [0.3, 0.4) is 0 Å². The lowest BCUT2D eigenvalue weighted by Crippen LogP contribution is -2.54. The Labute approximate surface area is 168 Å². The number of hydrogen-bond acceptors (Lipinski definition) is 4. The van der Waals surface area contributed by atoms with Crippen LogP contribution >= 0.6 is 0 Å². The van der Waals surface area contributed by atoms with E-state index in [4.69, 9.17) is 9.47 Å². The zero-order valence-corrected chi connectivity index (χ0v) is 15.6. The van der Waals surface area contributed by atoms with Crippen LogP contribution in [0.15, 0.2) is 66.7 Å². The molecule has 1 saturated heterocycles. The molecule has 142 valence electrons. The van der Waals surface area contributed by atoms with Crippen molar-refractivity contribution in [1.82, 2.24) is 0 Å². The molecular formula is C24H17NO4. The van der Waals surface area contributed by atoms with Crippen molar-refractivity contribution in [3.8, 4) is 29.4 Å². The second-order valence-electron chi connectivity index (χ2n) is 7.25. The number of nitrogens with zero attached hydrogens (tertiary/aromatic N) is 1. The molecule has 0 aromatic heterocycles. The number of rotatable bonds is 1. The Kier molecular flexibility index (Phi) is 3.79. The summed E-state index contributed by atoms with van der Waals surface area (Å²) >= 11 is 0. The molecule has 2 heterocycles. The number of aliphatic hydroxyl groups is 1. The standard InChI is InChI=1S/C24H17NO4/c1-23(27)16-10-3-2-7-15-20-21-24(23,29-21)18-13-8-9-14-19(18)25(20)22(26)28-17-11-5-4-6-12-17/h2-6,8-9,11-14,20-21,27H,1H3/b3-2-/t20-,21-,23+,24+/m0/s1. The highest BCUT2D eigenvalue weighted by Gasteiger charge is 2.74. The van der Waals surface area contributed by atoms with Gasteiger partial charge in [0.05, 0.1) is 5.69 Å². The van der Waals surface area contributed by atoms with Crippen LogP contribution in [0.2, 0.25) is 0 Å². The van der Waals surface area contributed by atoms with E-state index in [9.17, 15) is 9.90 Å². The summed E-state index contributed by atoms with van der Waals surface area (Å²) in [7, 11) is 0. The van der Waals surface area contributed by atoms with Crippen LogP contribution in [0.4, 0.5) is 10.5 Å². The quantitative estimate of drug-likeness (QED) is 0.608. The summed E-state index contributed by atoms with van der Waals surface area (Å²) in [5, 5.41) is 11.2. The molecule has 0 spiro atoms. The molecule has 0 unspecified atom stereocenters. The largest absolute Gasteiger partial charge is 0.420 e. The Bertz CT molecular complexity index is 1150. The van der Waals surface area contributed by atoms with Crippen molar-refractivity contribution in [3.63, 3.8) is 0 Å². The van der Waals surface area contributed by atoms with E-state index in [1.165, 1.54) is 4.90 Å². The molecule has 2 aromatic carbocycles. The van der Waals surface area contributed by atoms with Gasteiger partial charge in [-0.2, -0.15) is 0 Å². The van der Waals surface area contributed by atoms with Gasteiger partial charge >= 0.3 is 6.09 Å². The highest BCUT2D eigenvalue weighted by atomic mass is 16.6. The first-order valence-corrected chi connectivity index (χ1v) is 9.29. The van der Waals surface area contributed by atoms with Gasteiger partial charge in [0, 0.05) is 5.56 Å². The fraction of sp³-hybridized carbons (Fsp3) is 0.208. The van der Waals surface area contributed by atoms with E-state index in [1.807, 2.05) is 24.3 Å². The van der Waals surface area contributed by atoms with Gasteiger partial charge in [0.15, 0.2) is 11.2 Å². The van der Waals surface area contributed by atoms with Crippen molar-refractivity contribution in [2.45, 2.75) is 30.3 Å². The maximum Gasteiger partial charge on any atom is 0.420 e. The van der Waals surface area contributed by atoms with E-state index in [0.717, 1.165) is 0 Å². The molecule has 1 N–H and O–H groups in total. The number of amides is 1. The maximum atomic E-state index is 13.2. The van der Waals surface area contributed by atoms with Crippen molar-refractivity contribution in [1.29, 1.82) is 0 Å². The molecule has 1 aliphatic carbocycles. The molecule has 2 aromatic rings. The number of anilines is 1. The van der Waals surface area contributed by atoms with Crippen molar-refractivity contribution < 1.29 is 19.4 Å². The van der Waals surface area contributed by atoms with E-state index in [-0.39, 0.29) is 0 Å². The molecule has 1 fully saturated rings. The second kappa shape index (κ2) is 6.25. The fourth-order valence-electron chi connectivity index (χ4n) is 4.09. The summed E-state index contributed by atoms with van der Waals surface area (Å²) in [6, 6.07) is 15.6. The Morgan fingerprint density at radius 3 is 2.66 bits per heavy atom. The van der Waals surface area contributed by atoms with Gasteiger partial charge in [-0.15, -0.1) is 0 Å². The average Bonchev–Trinajstić information content (AvgIpc) is 3.49. The molecule has 2 bridgehead atoms. The molecule has 5 nitrogen and oxygen atoms in total. The zero-order chi connectivity index (χ0) is 20.1. The smallest absolute Gasteiger partial charge is 0.410 e. The number of fused-ring (bicyclic) bond motifs is 1. The predicted octanol–water partition coefficient (Wildman–Crippen LogP) is 3.00. The number of hydrogen-bond donors (Lipinski definition) is 1. The monoisotopic (exact) mass is 383 g/mol. The van der Waals surface area contributed by atoms with Crippen LogP contribution in [0, 0.1) is 23.7 Å². The van der Waals surface area contributed by atoms with Crippen LogP contribution < -0.4 is 9.64 Å². The van der Waals surface area contributed by atoms with E-state index in [2.05, 4.69) is 23.7 Å². The normalized spacial score (nSPS) is 31.6. The maximum absolute atomic E-state index is 13.2. The number of carbonyl (C=O) groups excluding carboxylic acids is 1. The third-order valence-corrected chi connectivity index (χ3v) is 5.45. The summed E-state index contributed by atoms with van der Waals surface area (Å²) in [5.41, 5.74) is -1.22. The number of benzene rings is 2. The Morgan fingerprint density at radius 2 is 1.83 bits per heavy atom. The fourth-order valence-corrected chi connectivity index (χ4v) is 4.09. The van der Waals surface area contributed by atoms with Crippen LogP contribution in [0.1, 0.15) is 12.5 Å². The summed E-state index contributed by atoms with van der Waals surface area (Å²) in [4.78, 5) is 14.7. The molecule has 3 aliphatic rings. The summed E-state index contributed by atoms with van der Waals surface area (Å²) in [5.74, 6) is 12.2. The van der Waals surface area contributed by atoms with Crippen LogP contribution in [-0.4, -0.2) is 28.9 Å². The summed E-state index contributed by atoms with van der Waals surface area (Å²) in [6.07, 6.45) is 2.09. The minimum atomic E-state index is -1.45. The van der Waals surface area contributed by atoms with Crippen LogP contribution in [0.25, 0.3) is 0 Å². The third-order valence-electron chi connectivity index (χ3n) is 5.45. The van der Waals surface area contributed by atoms with E-state index >= 15 is 0 Å². The van der Waals surface area contributed by atoms with Gasteiger partial charge in [0.2, 0.25) is 0 Å². The molecule has 0 radical (unpaired) electrons. The van der Waals surface area contributed by atoms with E-state index in [0.29, 0.717) is 17.0 Å². The lowest BCUT2D eigenvalue weighted by Gasteiger charge is -2.38. The lowest BCUT2D eigenvalue weighted by molar-refractivity contribution is 0.0265. The van der Waals surface area contributed by atoms with Crippen molar-refractivity contribution in [3.05, 3.63) is 72.3 Å². The number of carbonyl (C=O) groups is 1. The lowest BCUT2D eigenvalue weighted by atomic mass is 9.75. The first-order valence-electron chi connectivity index (χ1n) is 9.29. The number of epoxide rings is 1. The minimum absolute atomic E-state index is 0.439. The zero-order valence-electron chi connectivity index (χ0n) is 15.6. The molecule has 29 heavy (non-hydrogen) atoms. The summed E-state index contributed by atoms with van der Waals surface area (Å²) in [6.45, 7) is 1.63. The molecule has 1 amide bonds. The van der Waals surface area contributed by atoms with Gasteiger partial charge in [-0.1, -0.05) is 60.1 Å². The Hall–Kier alpha value is -3.51. The Morgan fingerprint density at radius 1 is 1.10 bits per heavy atom. The molecule has 4 atom stereocenters. The van der Waals surface area contributed by atoms with Crippen molar-refractivity contribution in [2.75, 3.05) is 4.90 Å². The van der Waals surface area contributed by atoms with E-state index < -0.39 is 29.4 Å². The van der Waals surface area contributed by atoms with Crippen molar-refractivity contribution in [2.24, 2.45) is 0 Å². The predicted molar refractivity (Wildman–Crippen MR) is 107 cm³/mol. The summed E-state index contributed by atoms with van der Waals surface area (Å²) < 4.78 is 11.7. The Balaban J connectivity index is 1.66. The van der Waals surface area contributed by atoms with E-state index in [1.54, 1.807) is 49.4 Å². The third kappa shape index (κ3) is 2.57. The average molecular weight is 383 g/mol. The highest BCUT2D eigenvalue weighted by molar-refractivity contribution is 5.93. The molecular weight excluding hydrogens is 366 g/mol. The van der Waals surface area contributed by atoms with Gasteiger partial charge in [-0.3, -0.25) is 4.90 Å². The molecule has 5 rings (SSSR count). The molecule has 2 aliphatic heterocycles. The molecule has 0 saturated carbocycles. The SMILES string of the molecule is C[C@@]1(O)C#C/C=C\C#C[C@H]2[C@@H]3O[C@]31c1ccccc1N2C(=O)Oc1ccccc1. The van der Waals surface area contributed by atoms with Gasteiger partial charge in [0.25, 0.3) is 0 Å². The first kappa shape index (κ1) is 17.6. The van der Waals surface area contributed by atoms with Gasteiger partial charge in [0.1, 0.15) is 17.9 Å². The minimum Gasteiger partial charge on any atom is -0.410 e. The number of ether oxygens (including phenoxy) is 2. The first-order chi connectivity index (χ1) is 14.0. The van der Waals surface area contributed by atoms with Gasteiger partial charge in [-0.05, 0) is 37.3 Å². The molecule has 5 heteroatoms. The number of allylic oxidation sites excluding steroid dienone is 2. The van der Waals surface area contributed by atoms with Crippen LogP contribution in [-0.2, 0) is 10.3 Å².